The van der Waals surface area contributed by atoms with Gasteiger partial charge < -0.3 is 10.6 Å². The normalized spacial score (nSPS) is 11.4. The third-order valence-corrected chi connectivity index (χ3v) is 3.95. The van der Waals surface area contributed by atoms with Gasteiger partial charge in [0.15, 0.2) is 5.96 Å². The van der Waals surface area contributed by atoms with Crippen LogP contribution < -0.4 is 10.6 Å². The van der Waals surface area contributed by atoms with Gasteiger partial charge in [0.25, 0.3) is 0 Å². The van der Waals surface area contributed by atoms with Crippen LogP contribution in [0.4, 0.5) is 0 Å². The number of imidazole rings is 1. The van der Waals surface area contributed by atoms with Gasteiger partial charge in [0.05, 0.1) is 6.54 Å². The van der Waals surface area contributed by atoms with E-state index in [0.29, 0.717) is 6.54 Å². The number of nitrogens with zero attached hydrogens (tertiary/aromatic N) is 4. The molecule has 0 spiro atoms. The van der Waals surface area contributed by atoms with Gasteiger partial charge in [0.2, 0.25) is 0 Å². The van der Waals surface area contributed by atoms with Crippen molar-refractivity contribution in [2.75, 3.05) is 6.54 Å². The molecule has 0 fully saturated rings. The summed E-state index contributed by atoms with van der Waals surface area (Å²) in [4.78, 5) is 13.4. The van der Waals surface area contributed by atoms with E-state index < -0.39 is 0 Å². The quantitative estimate of drug-likeness (QED) is 0.531. The minimum absolute atomic E-state index is 0.570. The summed E-state index contributed by atoms with van der Waals surface area (Å²) < 4.78 is 1.96. The fraction of sp³-hybridized carbons (Fsp3) is 0.250. The number of hydrogen-bond acceptors (Lipinski definition) is 3. The zero-order valence-electron chi connectivity index (χ0n) is 15.2. The van der Waals surface area contributed by atoms with Gasteiger partial charge in [-0.05, 0) is 31.0 Å². The number of rotatable bonds is 6. The number of pyridine rings is 1. The van der Waals surface area contributed by atoms with Crippen molar-refractivity contribution in [2.24, 2.45) is 4.99 Å². The summed E-state index contributed by atoms with van der Waals surface area (Å²) in [5.74, 6) is 2.58. The first-order chi connectivity index (χ1) is 12.8. The Bertz CT molecular complexity index is 836. The molecule has 2 heterocycles. The van der Waals surface area contributed by atoms with Gasteiger partial charge in [0.1, 0.15) is 11.6 Å². The zero-order valence-corrected chi connectivity index (χ0v) is 15.2. The minimum atomic E-state index is 0.570. The Morgan fingerprint density at radius 1 is 1.04 bits per heavy atom. The Morgan fingerprint density at radius 2 is 1.88 bits per heavy atom. The molecular weight excluding hydrogens is 324 g/mol. The van der Waals surface area contributed by atoms with Crippen LogP contribution in [-0.4, -0.2) is 27.0 Å². The van der Waals surface area contributed by atoms with E-state index in [9.17, 15) is 0 Å². The molecule has 3 aromatic rings. The molecule has 0 aliphatic heterocycles. The predicted octanol–water partition coefficient (Wildman–Crippen LogP) is 2.83. The Hall–Kier alpha value is -3.15. The van der Waals surface area contributed by atoms with Crippen LogP contribution in [0.3, 0.4) is 0 Å². The van der Waals surface area contributed by atoms with Crippen molar-refractivity contribution in [2.45, 2.75) is 26.9 Å². The highest BCUT2D eigenvalue weighted by Crippen LogP contribution is 2.09. The molecule has 0 saturated heterocycles. The third kappa shape index (κ3) is 4.69. The SMILES string of the molecule is CCNC(=NCc1ccc(-n2ccnc2C)nc1)NCc1ccccc1. The van der Waals surface area contributed by atoms with Crippen LogP contribution in [0.25, 0.3) is 5.82 Å². The van der Waals surface area contributed by atoms with Gasteiger partial charge in [-0.25, -0.2) is 15.0 Å². The molecule has 2 N–H and O–H groups in total. The fourth-order valence-electron chi connectivity index (χ4n) is 2.57. The second-order valence-electron chi connectivity index (χ2n) is 5.90. The fourth-order valence-corrected chi connectivity index (χ4v) is 2.57. The summed E-state index contributed by atoms with van der Waals surface area (Å²) in [5.41, 5.74) is 2.28. The van der Waals surface area contributed by atoms with E-state index in [1.807, 2.05) is 54.2 Å². The molecule has 3 rings (SSSR count). The molecule has 134 valence electrons. The van der Waals surface area contributed by atoms with E-state index in [-0.39, 0.29) is 0 Å². The monoisotopic (exact) mass is 348 g/mol. The molecule has 0 unspecified atom stereocenters. The molecule has 0 aliphatic rings. The summed E-state index contributed by atoms with van der Waals surface area (Å²) >= 11 is 0. The maximum absolute atomic E-state index is 4.64. The lowest BCUT2D eigenvalue weighted by Gasteiger charge is -2.11. The highest BCUT2D eigenvalue weighted by Gasteiger charge is 2.02. The number of aromatic nitrogens is 3. The summed E-state index contributed by atoms with van der Waals surface area (Å²) in [6.45, 7) is 6.15. The smallest absolute Gasteiger partial charge is 0.191 e. The molecule has 0 amide bonds. The molecule has 0 radical (unpaired) electrons. The van der Waals surface area contributed by atoms with E-state index in [0.717, 1.165) is 36.3 Å². The van der Waals surface area contributed by atoms with Crippen molar-refractivity contribution in [1.82, 2.24) is 25.2 Å². The third-order valence-electron chi connectivity index (χ3n) is 3.95. The van der Waals surface area contributed by atoms with Gasteiger partial charge in [-0.2, -0.15) is 0 Å². The predicted molar refractivity (Wildman–Crippen MR) is 104 cm³/mol. The van der Waals surface area contributed by atoms with Gasteiger partial charge in [-0.15, -0.1) is 0 Å². The summed E-state index contributed by atoms with van der Waals surface area (Å²) in [7, 11) is 0. The van der Waals surface area contributed by atoms with Crippen LogP contribution in [0.1, 0.15) is 23.9 Å². The summed E-state index contributed by atoms with van der Waals surface area (Å²) in [6.07, 6.45) is 5.54. The van der Waals surface area contributed by atoms with E-state index in [4.69, 9.17) is 0 Å². The van der Waals surface area contributed by atoms with Crippen LogP contribution >= 0.6 is 0 Å². The Labute approximate surface area is 154 Å². The van der Waals surface area contributed by atoms with Crippen LogP contribution in [-0.2, 0) is 13.1 Å². The van der Waals surface area contributed by atoms with Crippen molar-refractivity contribution in [3.05, 3.63) is 78.0 Å². The minimum Gasteiger partial charge on any atom is -0.357 e. The molecule has 1 aromatic carbocycles. The van der Waals surface area contributed by atoms with E-state index in [1.54, 1.807) is 6.20 Å². The van der Waals surface area contributed by atoms with Gasteiger partial charge in [-0.3, -0.25) is 4.57 Å². The molecule has 26 heavy (non-hydrogen) atoms. The first kappa shape index (κ1) is 17.7. The maximum atomic E-state index is 4.64. The van der Waals surface area contributed by atoms with Crippen molar-refractivity contribution in [1.29, 1.82) is 0 Å². The number of aryl methyl sites for hydroxylation is 1. The Kier molecular flexibility index (Phi) is 5.98. The summed E-state index contributed by atoms with van der Waals surface area (Å²) in [5, 5.41) is 6.62. The average Bonchev–Trinajstić information content (AvgIpc) is 3.11. The highest BCUT2D eigenvalue weighted by atomic mass is 15.2. The molecule has 6 heteroatoms. The van der Waals surface area contributed by atoms with Crippen LogP contribution in [0.5, 0.6) is 0 Å². The van der Waals surface area contributed by atoms with Crippen LogP contribution in [0.15, 0.2) is 66.0 Å². The zero-order chi connectivity index (χ0) is 18.2. The first-order valence-electron chi connectivity index (χ1n) is 8.77. The lowest BCUT2D eigenvalue weighted by atomic mass is 10.2. The molecule has 2 aromatic heterocycles. The number of benzene rings is 1. The molecule has 0 aliphatic carbocycles. The van der Waals surface area contributed by atoms with Gasteiger partial charge in [-0.1, -0.05) is 36.4 Å². The van der Waals surface area contributed by atoms with Gasteiger partial charge >= 0.3 is 0 Å². The Morgan fingerprint density at radius 3 is 2.54 bits per heavy atom. The Balaban J connectivity index is 1.62. The number of guanidine groups is 1. The standard InChI is InChI=1S/C20H24N6/c1-3-21-20(24-13-17-7-5-4-6-8-17)25-15-18-9-10-19(23-14-18)26-12-11-22-16(26)2/h4-12,14H,3,13,15H2,1-2H3,(H2,21,24,25). The lowest BCUT2D eigenvalue weighted by molar-refractivity contribution is 0.815. The second kappa shape index (κ2) is 8.80. The number of aliphatic imine (C=N–C) groups is 1. The van der Waals surface area contributed by atoms with Crippen molar-refractivity contribution >= 4 is 5.96 Å². The average molecular weight is 348 g/mol. The largest absolute Gasteiger partial charge is 0.357 e. The van der Waals surface area contributed by atoms with Crippen LogP contribution in [0, 0.1) is 6.92 Å². The molecule has 6 nitrogen and oxygen atoms in total. The number of hydrogen-bond donors (Lipinski definition) is 2. The van der Waals surface area contributed by atoms with Crippen LogP contribution in [0.2, 0.25) is 0 Å². The van der Waals surface area contributed by atoms with E-state index >= 15 is 0 Å². The molecule has 0 bridgehead atoms. The van der Waals surface area contributed by atoms with Crippen molar-refractivity contribution < 1.29 is 0 Å². The molecule has 0 saturated carbocycles. The first-order valence-corrected chi connectivity index (χ1v) is 8.77. The highest BCUT2D eigenvalue weighted by molar-refractivity contribution is 5.79. The maximum Gasteiger partial charge on any atom is 0.191 e. The number of nitrogens with one attached hydrogen (secondary N) is 2. The van der Waals surface area contributed by atoms with E-state index in [2.05, 4.69) is 44.7 Å². The molecule has 0 atom stereocenters. The second-order valence-corrected chi connectivity index (χ2v) is 5.90. The van der Waals surface area contributed by atoms with E-state index in [1.165, 1.54) is 5.56 Å². The van der Waals surface area contributed by atoms with Crippen molar-refractivity contribution in [3.63, 3.8) is 0 Å². The molecular formula is C20H24N6. The van der Waals surface area contributed by atoms with Gasteiger partial charge in [0, 0.05) is 31.7 Å². The summed E-state index contributed by atoms with van der Waals surface area (Å²) in [6, 6.07) is 14.3. The van der Waals surface area contributed by atoms with Crippen molar-refractivity contribution in [3.8, 4) is 5.82 Å². The lowest BCUT2D eigenvalue weighted by Crippen LogP contribution is -2.36. The topological polar surface area (TPSA) is 67.1 Å².